The smallest absolute Gasteiger partial charge is 0.325 e. The topological polar surface area (TPSA) is 73.2 Å². The Bertz CT molecular complexity index is 940. The SMILES string of the molecule is Cc1nn(-c2ccccc2)c(Cl)c1C(=O)NCC(=O)OCc1ccccc1. The summed E-state index contributed by atoms with van der Waals surface area (Å²) in [4.78, 5) is 24.3. The number of aryl methyl sites for hydroxylation is 1. The molecule has 27 heavy (non-hydrogen) atoms. The zero-order valence-electron chi connectivity index (χ0n) is 14.7. The zero-order chi connectivity index (χ0) is 19.2. The van der Waals surface area contributed by atoms with Gasteiger partial charge in [-0.2, -0.15) is 5.10 Å². The van der Waals surface area contributed by atoms with Gasteiger partial charge < -0.3 is 10.1 Å². The van der Waals surface area contributed by atoms with Gasteiger partial charge in [-0.3, -0.25) is 9.59 Å². The van der Waals surface area contributed by atoms with Crippen molar-refractivity contribution in [1.29, 1.82) is 0 Å². The van der Waals surface area contributed by atoms with E-state index in [1.807, 2.05) is 60.7 Å². The number of amides is 1. The minimum atomic E-state index is -0.531. The second kappa shape index (κ2) is 8.51. The Hall–Kier alpha value is -3.12. The third kappa shape index (κ3) is 4.54. The number of nitrogens with one attached hydrogen (secondary N) is 1. The van der Waals surface area contributed by atoms with Gasteiger partial charge in [0.15, 0.2) is 0 Å². The molecule has 1 N–H and O–H groups in total. The summed E-state index contributed by atoms with van der Waals surface area (Å²) in [6.45, 7) is 1.59. The van der Waals surface area contributed by atoms with Crippen LogP contribution in [0, 0.1) is 6.92 Å². The van der Waals surface area contributed by atoms with Crippen molar-refractivity contribution in [3.05, 3.63) is 82.6 Å². The molecular formula is C20H18ClN3O3. The van der Waals surface area contributed by atoms with Crippen LogP contribution < -0.4 is 5.32 Å². The van der Waals surface area contributed by atoms with E-state index in [0.29, 0.717) is 5.69 Å². The lowest BCUT2D eigenvalue weighted by atomic mass is 10.2. The van der Waals surface area contributed by atoms with E-state index in [-0.39, 0.29) is 23.9 Å². The number of hydrogen-bond donors (Lipinski definition) is 1. The molecule has 3 aromatic rings. The molecule has 0 atom stereocenters. The van der Waals surface area contributed by atoms with Gasteiger partial charge >= 0.3 is 5.97 Å². The second-order valence-electron chi connectivity index (χ2n) is 5.83. The maximum atomic E-state index is 12.5. The van der Waals surface area contributed by atoms with E-state index in [2.05, 4.69) is 10.4 Å². The lowest BCUT2D eigenvalue weighted by Gasteiger charge is -2.07. The Morgan fingerprint density at radius 1 is 1.07 bits per heavy atom. The largest absolute Gasteiger partial charge is 0.460 e. The molecule has 0 bridgehead atoms. The van der Waals surface area contributed by atoms with Crippen LogP contribution in [-0.2, 0) is 16.1 Å². The van der Waals surface area contributed by atoms with E-state index in [0.717, 1.165) is 11.3 Å². The van der Waals surface area contributed by atoms with Crippen molar-refractivity contribution in [2.75, 3.05) is 6.54 Å². The van der Waals surface area contributed by atoms with Gasteiger partial charge in [-0.05, 0) is 24.6 Å². The molecule has 0 aliphatic carbocycles. The molecule has 138 valence electrons. The van der Waals surface area contributed by atoms with Gasteiger partial charge in [-0.15, -0.1) is 0 Å². The first kappa shape index (κ1) is 18.7. The van der Waals surface area contributed by atoms with Gasteiger partial charge in [0.25, 0.3) is 5.91 Å². The molecule has 3 rings (SSSR count). The minimum Gasteiger partial charge on any atom is -0.460 e. The van der Waals surface area contributed by atoms with Gasteiger partial charge in [0, 0.05) is 0 Å². The van der Waals surface area contributed by atoms with Crippen LogP contribution in [0.5, 0.6) is 0 Å². The van der Waals surface area contributed by atoms with Crippen LogP contribution in [0.3, 0.4) is 0 Å². The van der Waals surface area contributed by atoms with Gasteiger partial charge in [0.05, 0.1) is 16.9 Å². The first-order valence-corrected chi connectivity index (χ1v) is 8.72. The Balaban J connectivity index is 1.61. The maximum Gasteiger partial charge on any atom is 0.325 e. The maximum absolute atomic E-state index is 12.5. The van der Waals surface area contributed by atoms with Gasteiger partial charge in [0.2, 0.25) is 0 Å². The van der Waals surface area contributed by atoms with Crippen molar-refractivity contribution in [3.63, 3.8) is 0 Å². The van der Waals surface area contributed by atoms with Crippen molar-refractivity contribution in [2.24, 2.45) is 0 Å². The number of para-hydroxylation sites is 1. The quantitative estimate of drug-likeness (QED) is 0.663. The molecule has 0 saturated heterocycles. The summed E-state index contributed by atoms with van der Waals surface area (Å²) in [7, 11) is 0. The summed E-state index contributed by atoms with van der Waals surface area (Å²) in [6, 6.07) is 18.6. The van der Waals surface area contributed by atoms with Crippen LogP contribution >= 0.6 is 11.6 Å². The van der Waals surface area contributed by atoms with Gasteiger partial charge in [-0.25, -0.2) is 4.68 Å². The number of aromatic nitrogens is 2. The summed E-state index contributed by atoms with van der Waals surface area (Å²) in [5.41, 5.74) is 2.32. The molecule has 1 amide bonds. The molecular weight excluding hydrogens is 366 g/mol. The van der Waals surface area contributed by atoms with Crippen molar-refractivity contribution >= 4 is 23.5 Å². The van der Waals surface area contributed by atoms with Crippen molar-refractivity contribution in [2.45, 2.75) is 13.5 Å². The average Bonchev–Trinajstić information content (AvgIpc) is 3.00. The number of halogens is 1. The number of carbonyl (C=O) groups excluding carboxylic acids is 2. The number of esters is 1. The molecule has 0 aliphatic heterocycles. The number of ether oxygens (including phenoxy) is 1. The molecule has 7 heteroatoms. The Morgan fingerprint density at radius 2 is 1.70 bits per heavy atom. The van der Waals surface area contributed by atoms with Crippen LogP contribution in [-0.4, -0.2) is 28.2 Å². The monoisotopic (exact) mass is 383 g/mol. The van der Waals surface area contributed by atoms with Crippen molar-refractivity contribution in [3.8, 4) is 5.69 Å². The fraction of sp³-hybridized carbons (Fsp3) is 0.150. The van der Waals surface area contributed by atoms with E-state index in [1.54, 1.807) is 6.92 Å². The second-order valence-corrected chi connectivity index (χ2v) is 6.19. The standard InChI is InChI=1S/C20H18ClN3O3/c1-14-18(19(21)24(23-14)16-10-6-3-7-11-16)20(26)22-12-17(25)27-13-15-8-4-2-5-9-15/h2-11H,12-13H2,1H3,(H,22,26). The number of hydrogen-bond acceptors (Lipinski definition) is 4. The third-order valence-corrected chi connectivity index (χ3v) is 4.22. The van der Waals surface area contributed by atoms with E-state index < -0.39 is 11.9 Å². The normalized spacial score (nSPS) is 10.4. The van der Waals surface area contributed by atoms with Gasteiger partial charge in [0.1, 0.15) is 18.3 Å². The molecule has 0 spiro atoms. The molecule has 0 fully saturated rings. The van der Waals surface area contributed by atoms with Crippen LogP contribution in [0.2, 0.25) is 5.15 Å². The Kier molecular flexibility index (Phi) is 5.88. The first-order chi connectivity index (χ1) is 13.1. The van der Waals surface area contributed by atoms with E-state index in [4.69, 9.17) is 16.3 Å². The molecule has 2 aromatic carbocycles. The van der Waals surface area contributed by atoms with Crippen LogP contribution in [0.1, 0.15) is 21.6 Å². The van der Waals surface area contributed by atoms with Crippen LogP contribution in [0.4, 0.5) is 0 Å². The highest BCUT2D eigenvalue weighted by molar-refractivity contribution is 6.33. The molecule has 0 aliphatic rings. The van der Waals surface area contributed by atoms with E-state index in [9.17, 15) is 9.59 Å². The van der Waals surface area contributed by atoms with Crippen molar-refractivity contribution in [1.82, 2.24) is 15.1 Å². The summed E-state index contributed by atoms with van der Waals surface area (Å²) in [5.74, 6) is -1.01. The fourth-order valence-corrected chi connectivity index (χ4v) is 2.89. The molecule has 6 nitrogen and oxygen atoms in total. The molecule has 0 unspecified atom stereocenters. The molecule has 1 aromatic heterocycles. The highest BCUT2D eigenvalue weighted by Crippen LogP contribution is 2.23. The Morgan fingerprint density at radius 3 is 2.37 bits per heavy atom. The average molecular weight is 384 g/mol. The predicted octanol–water partition coefficient (Wildman–Crippen LogP) is 3.31. The highest BCUT2D eigenvalue weighted by atomic mass is 35.5. The van der Waals surface area contributed by atoms with E-state index >= 15 is 0 Å². The fourth-order valence-electron chi connectivity index (χ4n) is 2.53. The third-order valence-electron chi connectivity index (χ3n) is 3.87. The zero-order valence-corrected chi connectivity index (χ0v) is 15.4. The highest BCUT2D eigenvalue weighted by Gasteiger charge is 2.21. The van der Waals surface area contributed by atoms with Crippen molar-refractivity contribution < 1.29 is 14.3 Å². The number of nitrogens with zero attached hydrogens (tertiary/aromatic N) is 2. The lowest BCUT2D eigenvalue weighted by Crippen LogP contribution is -2.31. The lowest BCUT2D eigenvalue weighted by molar-refractivity contribution is -0.143. The minimum absolute atomic E-state index is 0.154. The molecule has 1 heterocycles. The molecule has 0 saturated carbocycles. The Labute approximate surface area is 161 Å². The number of carbonyl (C=O) groups is 2. The summed E-state index contributed by atoms with van der Waals surface area (Å²) in [5, 5.41) is 7.03. The molecule has 0 radical (unpaired) electrons. The summed E-state index contributed by atoms with van der Waals surface area (Å²) < 4.78 is 6.63. The first-order valence-electron chi connectivity index (χ1n) is 8.34. The van der Waals surface area contributed by atoms with Crippen LogP contribution in [0.15, 0.2) is 60.7 Å². The summed E-state index contributed by atoms with van der Waals surface area (Å²) in [6.07, 6.45) is 0. The van der Waals surface area contributed by atoms with E-state index in [1.165, 1.54) is 4.68 Å². The number of rotatable bonds is 6. The predicted molar refractivity (Wildman–Crippen MR) is 102 cm³/mol. The van der Waals surface area contributed by atoms with Crippen LogP contribution in [0.25, 0.3) is 5.69 Å². The number of benzene rings is 2. The summed E-state index contributed by atoms with van der Waals surface area (Å²) >= 11 is 6.34. The van der Waals surface area contributed by atoms with Gasteiger partial charge in [-0.1, -0.05) is 60.1 Å².